The van der Waals surface area contributed by atoms with E-state index in [1.807, 2.05) is 51.2 Å². The maximum absolute atomic E-state index is 14.0. The van der Waals surface area contributed by atoms with Gasteiger partial charge in [-0.1, -0.05) is 70.9 Å². The number of hydrogen-bond donors (Lipinski definition) is 2. The molecule has 1 aliphatic heterocycles. The molecule has 0 bridgehead atoms. The van der Waals surface area contributed by atoms with Crippen LogP contribution in [0.15, 0.2) is 35.7 Å². The van der Waals surface area contributed by atoms with Crippen molar-refractivity contribution in [3.8, 4) is 0 Å². The Balaban J connectivity index is 1.71. The minimum absolute atomic E-state index is 0.0408. The Bertz CT molecular complexity index is 1250. The van der Waals surface area contributed by atoms with E-state index in [9.17, 15) is 19.2 Å². The average molecular weight is 642 g/mol. The monoisotopic (exact) mass is 641 g/mol. The second-order valence-corrected chi connectivity index (χ2v) is 13.5. The second-order valence-electron chi connectivity index (χ2n) is 12.6. The maximum Gasteiger partial charge on any atom is 0.271 e. The van der Waals surface area contributed by atoms with E-state index in [1.165, 1.54) is 11.3 Å². The number of carbonyl (C=O) groups is 4. The standard InChI is InChI=1S/C34H51N5O5S/c1-8-23(4)30(37-32(42)27-16-12-13-17-38(27)5)34(43)39(6)28(22(2)3)19-29(44-7)33-36-26(21-45-33)31(41)35-25(20-40)18-24-14-10-9-11-15-24/h9-11,14-15,20-23,25,27-30H,8,12-13,16-19H2,1-7H3,(H,35,41)(H,37,42)/t23-,25-,27+,28+,29+,30-/m0/s1. The molecule has 248 valence electrons. The molecule has 1 aromatic carbocycles. The number of methoxy groups -OCH3 is 1. The summed E-state index contributed by atoms with van der Waals surface area (Å²) in [6, 6.07) is 7.76. The summed E-state index contributed by atoms with van der Waals surface area (Å²) >= 11 is 1.31. The van der Waals surface area contributed by atoms with Crippen LogP contribution in [0.4, 0.5) is 0 Å². The summed E-state index contributed by atoms with van der Waals surface area (Å²) in [6.07, 6.45) is 4.74. The lowest BCUT2D eigenvalue weighted by Crippen LogP contribution is -2.58. The van der Waals surface area contributed by atoms with Gasteiger partial charge in [-0.05, 0) is 50.3 Å². The van der Waals surface area contributed by atoms with Gasteiger partial charge < -0.3 is 25.1 Å². The summed E-state index contributed by atoms with van der Waals surface area (Å²) < 4.78 is 5.85. The minimum atomic E-state index is -0.675. The number of likely N-dealkylation sites (tertiary alicyclic amines) is 1. The van der Waals surface area contributed by atoms with E-state index in [2.05, 4.69) is 34.4 Å². The molecule has 6 atom stereocenters. The lowest BCUT2D eigenvalue weighted by atomic mass is 9.92. The highest BCUT2D eigenvalue weighted by Crippen LogP contribution is 2.30. The molecule has 0 unspecified atom stereocenters. The maximum atomic E-state index is 14.0. The van der Waals surface area contributed by atoms with E-state index in [1.54, 1.807) is 24.4 Å². The fourth-order valence-corrected chi connectivity index (χ4v) is 6.79. The quantitative estimate of drug-likeness (QED) is 0.263. The van der Waals surface area contributed by atoms with Crippen LogP contribution in [0.3, 0.4) is 0 Å². The molecule has 0 radical (unpaired) electrons. The molecule has 1 aromatic heterocycles. The molecule has 45 heavy (non-hydrogen) atoms. The number of ether oxygens (including phenoxy) is 1. The molecule has 2 N–H and O–H groups in total. The van der Waals surface area contributed by atoms with E-state index in [4.69, 9.17) is 4.74 Å². The molecule has 2 heterocycles. The van der Waals surface area contributed by atoms with E-state index in [-0.39, 0.29) is 41.4 Å². The molecule has 0 saturated carbocycles. The summed E-state index contributed by atoms with van der Waals surface area (Å²) in [4.78, 5) is 60.4. The first kappa shape index (κ1) is 36.3. The first-order valence-electron chi connectivity index (χ1n) is 16.1. The fourth-order valence-electron chi connectivity index (χ4n) is 5.90. The van der Waals surface area contributed by atoms with E-state index < -0.39 is 24.1 Å². The third-order valence-corrected chi connectivity index (χ3v) is 9.95. The number of nitrogens with zero attached hydrogens (tertiary/aromatic N) is 3. The Morgan fingerprint density at radius 2 is 1.87 bits per heavy atom. The Kier molecular flexibility index (Phi) is 14.1. The van der Waals surface area contributed by atoms with Crippen molar-refractivity contribution in [2.24, 2.45) is 11.8 Å². The van der Waals surface area contributed by atoms with Gasteiger partial charge in [-0.3, -0.25) is 19.3 Å². The van der Waals surface area contributed by atoms with Crippen molar-refractivity contribution in [1.82, 2.24) is 25.4 Å². The zero-order valence-electron chi connectivity index (χ0n) is 27.8. The zero-order chi connectivity index (χ0) is 33.1. The predicted molar refractivity (Wildman–Crippen MR) is 177 cm³/mol. The lowest BCUT2D eigenvalue weighted by molar-refractivity contribution is -0.141. The van der Waals surface area contributed by atoms with Gasteiger partial charge in [-0.15, -0.1) is 11.3 Å². The number of carbonyl (C=O) groups excluding carboxylic acids is 4. The lowest BCUT2D eigenvalue weighted by Gasteiger charge is -2.38. The van der Waals surface area contributed by atoms with Gasteiger partial charge in [0.2, 0.25) is 11.8 Å². The van der Waals surface area contributed by atoms with Crippen molar-refractivity contribution in [1.29, 1.82) is 0 Å². The predicted octanol–water partition coefficient (Wildman–Crippen LogP) is 4.26. The molecule has 3 rings (SSSR count). The molecule has 11 heteroatoms. The largest absolute Gasteiger partial charge is 0.374 e. The Hall–Kier alpha value is -3.15. The summed E-state index contributed by atoms with van der Waals surface area (Å²) in [7, 11) is 5.35. The van der Waals surface area contributed by atoms with E-state index in [0.29, 0.717) is 17.8 Å². The second kappa shape index (κ2) is 17.5. The topological polar surface area (TPSA) is 121 Å². The molecule has 1 saturated heterocycles. The highest BCUT2D eigenvalue weighted by molar-refractivity contribution is 7.09. The summed E-state index contributed by atoms with van der Waals surface area (Å²) in [5, 5.41) is 8.16. The van der Waals surface area contributed by atoms with Crippen LogP contribution >= 0.6 is 11.3 Å². The van der Waals surface area contributed by atoms with Gasteiger partial charge in [-0.2, -0.15) is 0 Å². The molecule has 0 aliphatic carbocycles. The molecule has 1 aliphatic rings. The Morgan fingerprint density at radius 3 is 2.47 bits per heavy atom. The van der Waals surface area contributed by atoms with Crippen molar-refractivity contribution >= 4 is 35.3 Å². The summed E-state index contributed by atoms with van der Waals surface area (Å²) in [6.45, 7) is 9.02. The van der Waals surface area contributed by atoms with Gasteiger partial charge >= 0.3 is 0 Å². The number of thiazole rings is 1. The van der Waals surface area contributed by atoms with Gasteiger partial charge in [0.05, 0.1) is 12.1 Å². The van der Waals surface area contributed by atoms with Crippen LogP contribution in [-0.2, 0) is 25.5 Å². The van der Waals surface area contributed by atoms with Gasteiger partial charge in [-0.25, -0.2) is 4.98 Å². The van der Waals surface area contributed by atoms with Crippen LogP contribution < -0.4 is 10.6 Å². The third kappa shape index (κ3) is 9.92. The number of hydrogen-bond acceptors (Lipinski definition) is 8. The SMILES string of the molecule is CC[C@H](C)[C@H](NC(=O)[C@H]1CCCCN1C)C(=O)N(C)[C@H](C[C@@H](OC)c1nc(C(=O)N[C@H](C=O)Cc2ccccc2)cs1)C(C)C. The number of nitrogens with one attached hydrogen (secondary N) is 2. The van der Waals surface area contributed by atoms with Crippen molar-refractivity contribution in [3.63, 3.8) is 0 Å². The molecule has 10 nitrogen and oxygen atoms in total. The van der Waals surface area contributed by atoms with Gasteiger partial charge in [0.25, 0.3) is 5.91 Å². The van der Waals surface area contributed by atoms with Crippen molar-refractivity contribution in [3.05, 3.63) is 52.0 Å². The third-order valence-electron chi connectivity index (χ3n) is 9.01. The number of piperidine rings is 1. The fraction of sp³-hybridized carbons (Fsp3) is 0.618. The van der Waals surface area contributed by atoms with Gasteiger partial charge in [0.15, 0.2) is 0 Å². The molecule has 3 amide bonds. The Morgan fingerprint density at radius 1 is 1.16 bits per heavy atom. The number of rotatable bonds is 16. The number of likely N-dealkylation sites (N-methyl/N-ethyl adjacent to an activating group) is 2. The van der Waals surface area contributed by atoms with Crippen LogP contribution in [0, 0.1) is 11.8 Å². The van der Waals surface area contributed by atoms with Crippen LogP contribution in [0.25, 0.3) is 0 Å². The van der Waals surface area contributed by atoms with Crippen LogP contribution in [-0.4, -0.2) is 90.7 Å². The smallest absolute Gasteiger partial charge is 0.271 e. The normalized spacial score (nSPS) is 18.8. The molecule has 0 spiro atoms. The number of benzene rings is 1. The minimum Gasteiger partial charge on any atom is -0.374 e. The first-order valence-corrected chi connectivity index (χ1v) is 16.9. The van der Waals surface area contributed by atoms with Crippen molar-refractivity contribution in [2.75, 3.05) is 27.7 Å². The van der Waals surface area contributed by atoms with Crippen LogP contribution in [0.5, 0.6) is 0 Å². The molecular formula is C34H51N5O5S. The number of amides is 3. The van der Waals surface area contributed by atoms with Crippen LogP contribution in [0.1, 0.15) is 87.0 Å². The highest BCUT2D eigenvalue weighted by Gasteiger charge is 2.36. The van der Waals surface area contributed by atoms with Crippen molar-refractivity contribution < 1.29 is 23.9 Å². The number of aromatic nitrogens is 1. The highest BCUT2D eigenvalue weighted by atomic mass is 32.1. The molecule has 1 fully saturated rings. The van der Waals surface area contributed by atoms with Gasteiger partial charge in [0, 0.05) is 32.0 Å². The Labute approximate surface area is 272 Å². The summed E-state index contributed by atoms with van der Waals surface area (Å²) in [5.74, 6) is -0.593. The summed E-state index contributed by atoms with van der Waals surface area (Å²) in [5.41, 5.74) is 1.16. The number of aldehydes is 1. The van der Waals surface area contributed by atoms with Crippen LogP contribution in [0.2, 0.25) is 0 Å². The zero-order valence-corrected chi connectivity index (χ0v) is 28.6. The molecule has 2 aromatic rings. The van der Waals surface area contributed by atoms with E-state index >= 15 is 0 Å². The average Bonchev–Trinajstić information content (AvgIpc) is 3.53. The van der Waals surface area contributed by atoms with Crippen molar-refractivity contribution in [2.45, 2.75) is 96.5 Å². The van der Waals surface area contributed by atoms with Gasteiger partial charge in [0.1, 0.15) is 29.1 Å². The molecular weight excluding hydrogens is 590 g/mol. The van der Waals surface area contributed by atoms with E-state index in [0.717, 1.165) is 44.1 Å². The first-order chi connectivity index (χ1) is 21.5.